The molecule has 188 valence electrons. The Bertz CT molecular complexity index is 1210. The number of hydrogen-bond acceptors (Lipinski definition) is 5. The van der Waals surface area contributed by atoms with E-state index < -0.39 is 10.0 Å². The van der Waals surface area contributed by atoms with Crippen LogP contribution in [0.15, 0.2) is 47.4 Å². The first kappa shape index (κ1) is 25.2. The van der Waals surface area contributed by atoms with Gasteiger partial charge < -0.3 is 10.2 Å². The van der Waals surface area contributed by atoms with Gasteiger partial charge in [0.05, 0.1) is 16.3 Å². The Labute approximate surface area is 207 Å². The normalized spacial score (nSPS) is 17.8. The van der Waals surface area contributed by atoms with Gasteiger partial charge in [0.1, 0.15) is 12.6 Å². The Morgan fingerprint density at radius 1 is 1.09 bits per heavy atom. The zero-order valence-electron chi connectivity index (χ0n) is 20.7. The highest BCUT2D eigenvalue weighted by Crippen LogP contribution is 2.41. The van der Waals surface area contributed by atoms with Gasteiger partial charge in [0.15, 0.2) is 0 Å². The lowest BCUT2D eigenvalue weighted by atomic mass is 9.96. The summed E-state index contributed by atoms with van der Waals surface area (Å²) in [6.45, 7) is 7.24. The first-order valence-electron chi connectivity index (χ1n) is 12.3. The maximum absolute atomic E-state index is 13.5. The summed E-state index contributed by atoms with van der Waals surface area (Å²) in [5.74, 6) is -0.438. The molecule has 9 heteroatoms. The lowest BCUT2D eigenvalue weighted by molar-refractivity contribution is -0.125. The van der Waals surface area contributed by atoms with Gasteiger partial charge >= 0.3 is 0 Å². The maximum atomic E-state index is 13.5. The number of anilines is 2. The topological polar surface area (TPSA) is 90.0 Å². The van der Waals surface area contributed by atoms with Crippen molar-refractivity contribution in [3.05, 3.63) is 53.6 Å². The van der Waals surface area contributed by atoms with Crippen molar-refractivity contribution in [1.29, 1.82) is 0 Å². The minimum absolute atomic E-state index is 0.133. The quantitative estimate of drug-likeness (QED) is 0.604. The maximum Gasteiger partial charge on any atom is 0.250 e. The van der Waals surface area contributed by atoms with Crippen LogP contribution < -0.4 is 15.1 Å². The van der Waals surface area contributed by atoms with Gasteiger partial charge in [-0.2, -0.15) is 4.31 Å². The van der Waals surface area contributed by atoms with Crippen LogP contribution in [0.25, 0.3) is 0 Å². The molecule has 2 amide bonds. The number of nitrogens with zero attached hydrogens (tertiary/aromatic N) is 3. The van der Waals surface area contributed by atoms with E-state index in [9.17, 15) is 18.0 Å². The highest BCUT2D eigenvalue weighted by molar-refractivity contribution is 7.89. The second kappa shape index (κ2) is 10.4. The van der Waals surface area contributed by atoms with Crippen LogP contribution in [0, 0.1) is 6.92 Å². The van der Waals surface area contributed by atoms with Gasteiger partial charge in [0.25, 0.3) is 0 Å². The number of aryl methyl sites for hydroxylation is 1. The average Bonchev–Trinajstić information content (AvgIpc) is 2.85. The zero-order valence-corrected chi connectivity index (χ0v) is 21.5. The van der Waals surface area contributed by atoms with Crippen molar-refractivity contribution in [1.82, 2.24) is 9.62 Å². The van der Waals surface area contributed by atoms with Crippen molar-refractivity contribution in [3.63, 3.8) is 0 Å². The molecule has 2 aliphatic heterocycles. The summed E-state index contributed by atoms with van der Waals surface area (Å²) in [4.78, 5) is 30.1. The molecule has 2 aromatic carbocycles. The minimum Gasteiger partial charge on any atom is -0.358 e. The predicted octanol–water partition coefficient (Wildman–Crippen LogP) is 3.05. The smallest absolute Gasteiger partial charge is 0.250 e. The first-order chi connectivity index (χ1) is 16.8. The molecule has 0 unspecified atom stereocenters. The van der Waals surface area contributed by atoms with Crippen LogP contribution in [0.4, 0.5) is 11.4 Å². The first-order valence-corrected chi connectivity index (χ1v) is 13.7. The Kier molecular flexibility index (Phi) is 7.47. The Hall–Kier alpha value is -2.91. The lowest BCUT2D eigenvalue weighted by Gasteiger charge is -2.45. The summed E-state index contributed by atoms with van der Waals surface area (Å²) in [5, 5.41) is 2.91. The van der Waals surface area contributed by atoms with Crippen LogP contribution in [0.3, 0.4) is 0 Å². The van der Waals surface area contributed by atoms with Gasteiger partial charge in [-0.1, -0.05) is 43.7 Å². The summed E-state index contributed by atoms with van der Waals surface area (Å²) in [7, 11) is -3.71. The van der Waals surface area contributed by atoms with Crippen LogP contribution in [0.2, 0.25) is 0 Å². The SMILES string of the molecule is CCN(CC)S(=O)(=O)c1ccc2c(c1)N(CC(=O)NCc1cccc(C)c1)C(=O)[C@@H]1CCCCN21. The molecule has 0 aromatic heterocycles. The number of sulfonamides is 1. The fourth-order valence-electron chi connectivity index (χ4n) is 5.00. The molecule has 1 saturated heterocycles. The van der Waals surface area contributed by atoms with E-state index >= 15 is 0 Å². The number of carbonyl (C=O) groups excluding carboxylic acids is 2. The molecule has 0 bridgehead atoms. The summed E-state index contributed by atoms with van der Waals surface area (Å²) < 4.78 is 27.8. The minimum atomic E-state index is -3.71. The van der Waals surface area contributed by atoms with Crippen molar-refractivity contribution in [2.75, 3.05) is 36.0 Å². The molecule has 1 N–H and O–H groups in total. The standard InChI is InChI=1S/C26H34N4O4S/c1-4-28(5-2)35(33,34)21-12-13-22-24(16-21)30(26(32)23-11-6-7-14-29(22)23)18-25(31)27-17-20-10-8-9-19(3)15-20/h8-10,12-13,15-16,23H,4-7,11,14,17-18H2,1-3H3,(H,27,31)/t23-/m0/s1. The number of nitrogens with one attached hydrogen (secondary N) is 1. The number of fused-ring (bicyclic) bond motifs is 3. The number of rotatable bonds is 8. The number of carbonyl (C=O) groups is 2. The molecule has 0 aliphatic carbocycles. The third-order valence-electron chi connectivity index (χ3n) is 6.82. The van der Waals surface area contributed by atoms with Crippen LogP contribution in [-0.2, 0) is 26.2 Å². The largest absolute Gasteiger partial charge is 0.358 e. The van der Waals surface area contributed by atoms with Crippen molar-refractivity contribution in [3.8, 4) is 0 Å². The number of hydrogen-bond donors (Lipinski definition) is 1. The van der Waals surface area contributed by atoms with Crippen LogP contribution in [-0.4, -0.2) is 56.8 Å². The fourth-order valence-corrected chi connectivity index (χ4v) is 6.47. The third-order valence-corrected chi connectivity index (χ3v) is 8.86. The molecular weight excluding hydrogens is 464 g/mol. The number of benzene rings is 2. The predicted molar refractivity (Wildman–Crippen MR) is 137 cm³/mol. The van der Waals surface area contributed by atoms with E-state index in [0.29, 0.717) is 25.3 Å². The van der Waals surface area contributed by atoms with E-state index in [0.717, 1.165) is 42.6 Å². The van der Waals surface area contributed by atoms with Crippen molar-refractivity contribution in [2.45, 2.75) is 57.5 Å². The Morgan fingerprint density at radius 3 is 2.57 bits per heavy atom. The molecule has 8 nitrogen and oxygen atoms in total. The van der Waals surface area contributed by atoms with Crippen LogP contribution in [0.5, 0.6) is 0 Å². The van der Waals surface area contributed by atoms with E-state index in [-0.39, 0.29) is 29.3 Å². The number of amides is 2. The molecule has 35 heavy (non-hydrogen) atoms. The number of piperidine rings is 1. The van der Waals surface area contributed by atoms with Gasteiger partial charge in [-0.25, -0.2) is 8.42 Å². The van der Waals surface area contributed by atoms with Crippen LogP contribution >= 0.6 is 0 Å². The average molecular weight is 499 g/mol. The highest BCUT2D eigenvalue weighted by Gasteiger charge is 2.40. The molecule has 0 radical (unpaired) electrons. The van der Waals surface area contributed by atoms with Crippen LogP contribution in [0.1, 0.15) is 44.2 Å². The van der Waals surface area contributed by atoms with Gasteiger partial charge in [0, 0.05) is 26.2 Å². The monoisotopic (exact) mass is 498 g/mol. The molecule has 1 fully saturated rings. The molecule has 2 aromatic rings. The van der Waals surface area contributed by atoms with E-state index in [2.05, 4.69) is 10.2 Å². The highest BCUT2D eigenvalue weighted by atomic mass is 32.2. The fraction of sp³-hybridized carbons (Fsp3) is 0.462. The molecule has 2 aliphatic rings. The third kappa shape index (κ3) is 5.06. The molecule has 4 rings (SSSR count). The van der Waals surface area contributed by atoms with Crippen molar-refractivity contribution in [2.24, 2.45) is 0 Å². The van der Waals surface area contributed by atoms with E-state index in [1.54, 1.807) is 32.0 Å². The molecule has 1 atom stereocenters. The van der Waals surface area contributed by atoms with Crippen molar-refractivity contribution >= 4 is 33.2 Å². The second-order valence-corrected chi connectivity index (χ2v) is 11.1. The summed E-state index contributed by atoms with van der Waals surface area (Å²) >= 11 is 0. The summed E-state index contributed by atoms with van der Waals surface area (Å²) in [6, 6.07) is 12.5. The molecule has 0 spiro atoms. The van der Waals surface area contributed by atoms with Gasteiger partial charge in [-0.3, -0.25) is 14.5 Å². The lowest BCUT2D eigenvalue weighted by Crippen LogP contribution is -2.57. The summed E-state index contributed by atoms with van der Waals surface area (Å²) in [6.07, 6.45) is 2.64. The molecule has 0 saturated carbocycles. The van der Waals surface area contributed by atoms with Gasteiger partial charge in [-0.05, 0) is 49.9 Å². The van der Waals surface area contributed by atoms with Gasteiger partial charge in [-0.15, -0.1) is 0 Å². The van der Waals surface area contributed by atoms with E-state index in [4.69, 9.17) is 0 Å². The van der Waals surface area contributed by atoms with E-state index in [1.165, 1.54) is 9.21 Å². The zero-order chi connectivity index (χ0) is 25.2. The van der Waals surface area contributed by atoms with Crippen molar-refractivity contribution < 1.29 is 18.0 Å². The summed E-state index contributed by atoms with van der Waals surface area (Å²) in [5.41, 5.74) is 3.37. The van der Waals surface area contributed by atoms with E-state index in [1.807, 2.05) is 31.2 Å². The second-order valence-electron chi connectivity index (χ2n) is 9.13. The molecular formula is C26H34N4O4S. The Balaban J connectivity index is 1.65. The Morgan fingerprint density at radius 2 is 1.86 bits per heavy atom. The molecule has 2 heterocycles. The van der Waals surface area contributed by atoms with Gasteiger partial charge in [0.2, 0.25) is 21.8 Å².